The lowest BCUT2D eigenvalue weighted by Gasteiger charge is -2.44. The minimum Gasteiger partial charge on any atom is -0.466 e. The zero-order valence-corrected chi connectivity index (χ0v) is 23.9. The fourth-order valence-corrected chi connectivity index (χ4v) is 10.1. The molecule has 1 fully saturated rings. The zero-order chi connectivity index (χ0) is 26.2. The predicted molar refractivity (Wildman–Crippen MR) is 147 cm³/mol. The molecule has 2 aromatic carbocycles. The van der Waals surface area contributed by atoms with Crippen LogP contribution >= 0.6 is 0 Å². The summed E-state index contributed by atoms with van der Waals surface area (Å²) >= 11 is 0. The highest BCUT2D eigenvalue weighted by atomic mass is 28.4. The van der Waals surface area contributed by atoms with Gasteiger partial charge < -0.3 is 18.6 Å². The topological polar surface area (TPSA) is 54.0 Å². The Labute approximate surface area is 218 Å². The van der Waals surface area contributed by atoms with Crippen LogP contribution in [0.2, 0.25) is 5.04 Å². The molecule has 1 aliphatic heterocycles. The van der Waals surface area contributed by atoms with E-state index < -0.39 is 8.32 Å². The van der Waals surface area contributed by atoms with Gasteiger partial charge in [0.1, 0.15) is 0 Å². The number of carbonyl (C=O) groups excluding carboxylic acids is 1. The molecule has 1 heterocycles. The molecule has 0 amide bonds. The van der Waals surface area contributed by atoms with E-state index in [0.29, 0.717) is 32.7 Å². The molecule has 1 unspecified atom stereocenters. The third-order valence-corrected chi connectivity index (χ3v) is 12.2. The Morgan fingerprint density at radius 2 is 1.56 bits per heavy atom. The van der Waals surface area contributed by atoms with Gasteiger partial charge in [0.25, 0.3) is 8.32 Å². The van der Waals surface area contributed by atoms with E-state index in [2.05, 4.69) is 88.4 Å². The van der Waals surface area contributed by atoms with Crippen molar-refractivity contribution < 1.29 is 23.4 Å². The van der Waals surface area contributed by atoms with Gasteiger partial charge in [-0.2, -0.15) is 0 Å². The number of hydrogen-bond donors (Lipinski definition) is 0. The lowest BCUT2D eigenvalue weighted by molar-refractivity contribution is -0.217. The van der Waals surface area contributed by atoms with Gasteiger partial charge in [0.2, 0.25) is 0 Å². The van der Waals surface area contributed by atoms with Gasteiger partial charge in [0, 0.05) is 32.0 Å². The summed E-state index contributed by atoms with van der Waals surface area (Å²) in [5.74, 6) is 0.170. The highest BCUT2D eigenvalue weighted by Gasteiger charge is 2.50. The third-order valence-electron chi connectivity index (χ3n) is 7.15. The van der Waals surface area contributed by atoms with Crippen LogP contribution in [0.3, 0.4) is 0 Å². The zero-order valence-electron chi connectivity index (χ0n) is 22.9. The molecule has 198 valence electrons. The van der Waals surface area contributed by atoms with Crippen molar-refractivity contribution in [1.29, 1.82) is 0 Å². The molecule has 0 N–H and O–H groups in total. The minimum absolute atomic E-state index is 0.0482. The number of rotatable bonds is 11. The summed E-state index contributed by atoms with van der Waals surface area (Å²) in [5.41, 5.74) is 0. The van der Waals surface area contributed by atoms with Crippen LogP contribution in [0, 0.1) is 11.8 Å². The second kappa shape index (κ2) is 13.0. The SMILES string of the molecule is CCOC(=O)C[C@H]1CC(OCC)O[C@@H]([C@H](C)CO[Si](c2ccccc2)(c2ccccc2)C(C)(C)C)C1. The lowest BCUT2D eigenvalue weighted by Crippen LogP contribution is -2.67. The smallest absolute Gasteiger partial charge is 0.306 e. The molecule has 0 radical (unpaired) electrons. The van der Waals surface area contributed by atoms with E-state index in [-0.39, 0.29) is 35.2 Å². The van der Waals surface area contributed by atoms with Crippen LogP contribution in [0.4, 0.5) is 0 Å². The van der Waals surface area contributed by atoms with E-state index in [1.165, 1.54) is 10.4 Å². The Bertz CT molecular complexity index is 888. The van der Waals surface area contributed by atoms with Crippen molar-refractivity contribution >= 4 is 24.7 Å². The van der Waals surface area contributed by atoms with Crippen molar-refractivity contribution in [3.63, 3.8) is 0 Å². The van der Waals surface area contributed by atoms with Crippen molar-refractivity contribution in [1.82, 2.24) is 0 Å². The Morgan fingerprint density at radius 3 is 2.06 bits per heavy atom. The molecule has 0 aliphatic carbocycles. The van der Waals surface area contributed by atoms with E-state index in [1.54, 1.807) is 0 Å². The van der Waals surface area contributed by atoms with Crippen molar-refractivity contribution in [2.45, 2.75) is 78.2 Å². The van der Waals surface area contributed by atoms with Crippen molar-refractivity contribution in [3.8, 4) is 0 Å². The highest BCUT2D eigenvalue weighted by molar-refractivity contribution is 6.99. The van der Waals surface area contributed by atoms with Crippen LogP contribution in [0.25, 0.3) is 0 Å². The number of ether oxygens (including phenoxy) is 3. The average molecular weight is 513 g/mol. The first-order valence-electron chi connectivity index (χ1n) is 13.4. The maximum Gasteiger partial charge on any atom is 0.306 e. The molecule has 36 heavy (non-hydrogen) atoms. The summed E-state index contributed by atoms with van der Waals surface area (Å²) in [7, 11) is -2.62. The minimum atomic E-state index is -2.62. The molecule has 5 nitrogen and oxygen atoms in total. The monoisotopic (exact) mass is 512 g/mol. The third kappa shape index (κ3) is 6.85. The number of carbonyl (C=O) groups is 1. The molecule has 3 rings (SSSR count). The highest BCUT2D eigenvalue weighted by Crippen LogP contribution is 2.38. The van der Waals surface area contributed by atoms with Gasteiger partial charge in [-0.25, -0.2) is 0 Å². The lowest BCUT2D eigenvalue weighted by atomic mass is 9.87. The molecule has 4 atom stereocenters. The summed E-state index contributed by atoms with van der Waals surface area (Å²) in [6.07, 6.45) is 1.56. The van der Waals surface area contributed by atoms with Crippen LogP contribution < -0.4 is 10.4 Å². The van der Waals surface area contributed by atoms with Gasteiger partial charge >= 0.3 is 5.97 Å². The molecular formula is C30H44O5Si. The van der Waals surface area contributed by atoms with Crippen LogP contribution in [0.1, 0.15) is 60.8 Å². The molecular weight excluding hydrogens is 468 g/mol. The van der Waals surface area contributed by atoms with Crippen LogP contribution in [-0.4, -0.2) is 46.5 Å². The second-order valence-corrected chi connectivity index (χ2v) is 15.2. The Morgan fingerprint density at radius 1 is 0.972 bits per heavy atom. The maximum absolute atomic E-state index is 12.2. The molecule has 0 bridgehead atoms. The Hall–Kier alpha value is -1.99. The molecule has 6 heteroatoms. The van der Waals surface area contributed by atoms with Gasteiger partial charge in [-0.1, -0.05) is 88.4 Å². The van der Waals surface area contributed by atoms with Crippen molar-refractivity contribution in [2.75, 3.05) is 19.8 Å². The summed E-state index contributed by atoms with van der Waals surface area (Å²) < 4.78 is 24.6. The number of benzene rings is 2. The summed E-state index contributed by atoms with van der Waals surface area (Å²) in [6, 6.07) is 21.4. The largest absolute Gasteiger partial charge is 0.466 e. The van der Waals surface area contributed by atoms with Crippen LogP contribution in [0.5, 0.6) is 0 Å². The quantitative estimate of drug-likeness (QED) is 0.302. The summed E-state index contributed by atoms with van der Waals surface area (Å²) in [6.45, 7) is 14.5. The average Bonchev–Trinajstić information content (AvgIpc) is 2.85. The predicted octanol–water partition coefficient (Wildman–Crippen LogP) is 5.31. The van der Waals surface area contributed by atoms with E-state index in [0.717, 1.165) is 6.42 Å². The molecule has 0 aromatic heterocycles. The summed E-state index contributed by atoms with van der Waals surface area (Å²) in [4.78, 5) is 12.2. The van der Waals surface area contributed by atoms with E-state index in [9.17, 15) is 4.79 Å². The van der Waals surface area contributed by atoms with Crippen LogP contribution in [-0.2, 0) is 23.4 Å². The van der Waals surface area contributed by atoms with E-state index in [1.807, 2.05) is 13.8 Å². The standard InChI is InChI=1S/C30H44O5Si/c1-7-32-28(31)20-24-19-27(35-29(21-24)33-8-2)23(3)22-34-36(30(4,5)6,25-15-11-9-12-16-25)26-17-13-10-14-18-26/h9-18,23-24,27,29H,7-8,19-22H2,1-6H3/t23-,24+,27-,29?/m1/s1. The van der Waals surface area contributed by atoms with Gasteiger partial charge in [0.05, 0.1) is 12.7 Å². The Balaban J connectivity index is 1.85. The van der Waals surface area contributed by atoms with E-state index in [4.69, 9.17) is 18.6 Å². The first-order chi connectivity index (χ1) is 17.2. The number of hydrogen-bond acceptors (Lipinski definition) is 5. The van der Waals surface area contributed by atoms with Gasteiger partial charge in [-0.15, -0.1) is 0 Å². The Kier molecular flexibility index (Phi) is 10.3. The normalized spacial score (nSPS) is 21.7. The first kappa shape index (κ1) is 28.6. The number of esters is 1. The van der Waals surface area contributed by atoms with Gasteiger partial charge in [-0.3, -0.25) is 4.79 Å². The fourth-order valence-electron chi connectivity index (χ4n) is 5.41. The van der Waals surface area contributed by atoms with E-state index >= 15 is 0 Å². The maximum atomic E-state index is 12.2. The molecule has 1 aliphatic rings. The van der Waals surface area contributed by atoms with Gasteiger partial charge in [0.15, 0.2) is 6.29 Å². The second-order valence-electron chi connectivity index (χ2n) is 10.9. The fraction of sp³-hybridized carbons (Fsp3) is 0.567. The molecule has 1 saturated heterocycles. The van der Waals surface area contributed by atoms with Crippen molar-refractivity contribution in [3.05, 3.63) is 60.7 Å². The molecule has 2 aromatic rings. The van der Waals surface area contributed by atoms with Crippen LogP contribution in [0.15, 0.2) is 60.7 Å². The van der Waals surface area contributed by atoms with Gasteiger partial charge in [-0.05, 0) is 41.6 Å². The summed E-state index contributed by atoms with van der Waals surface area (Å²) in [5, 5.41) is 2.46. The first-order valence-corrected chi connectivity index (χ1v) is 15.3. The molecule has 0 saturated carbocycles. The molecule has 0 spiro atoms. The van der Waals surface area contributed by atoms with Crippen molar-refractivity contribution in [2.24, 2.45) is 11.8 Å².